The third-order valence-corrected chi connectivity index (χ3v) is 4.71. The van der Waals surface area contributed by atoms with Gasteiger partial charge in [0.1, 0.15) is 5.69 Å². The zero-order valence-electron chi connectivity index (χ0n) is 13.4. The summed E-state index contributed by atoms with van der Waals surface area (Å²) in [5.74, 6) is 0.389. The van der Waals surface area contributed by atoms with Crippen molar-refractivity contribution in [3.63, 3.8) is 0 Å². The highest BCUT2D eigenvalue weighted by Crippen LogP contribution is 2.31. The standard InChI is InChI=1S/C18H23N3O2/c1-21-17(22)12-16(20-21)18(23)19-15-9-5-8-14(10-11-15)13-6-3-2-4-7-13/h2-4,6-7,12,14-15,20H,5,8-11H2,1H3,(H,19,23). The number of nitrogens with one attached hydrogen (secondary N) is 2. The number of hydrogen-bond donors (Lipinski definition) is 2. The molecule has 0 spiro atoms. The topological polar surface area (TPSA) is 66.9 Å². The van der Waals surface area contributed by atoms with Crippen LogP contribution in [0.2, 0.25) is 0 Å². The SMILES string of the molecule is Cn1[nH]c(C(=O)NC2CCCC(c3ccccc3)CC2)cc1=O. The minimum atomic E-state index is -0.194. The lowest BCUT2D eigenvalue weighted by atomic mass is 9.92. The van der Waals surface area contributed by atoms with Crippen LogP contribution in [0.15, 0.2) is 41.2 Å². The van der Waals surface area contributed by atoms with Crippen LogP contribution in [0.4, 0.5) is 0 Å². The monoisotopic (exact) mass is 313 g/mol. The van der Waals surface area contributed by atoms with Crippen LogP contribution in [-0.2, 0) is 7.05 Å². The Kier molecular flexibility index (Phi) is 4.65. The molecule has 0 bridgehead atoms. The molecule has 1 aromatic carbocycles. The van der Waals surface area contributed by atoms with Gasteiger partial charge in [0.2, 0.25) is 0 Å². The van der Waals surface area contributed by atoms with Gasteiger partial charge in [-0.2, -0.15) is 0 Å². The molecule has 1 saturated carbocycles. The van der Waals surface area contributed by atoms with Crippen molar-refractivity contribution in [2.75, 3.05) is 0 Å². The van der Waals surface area contributed by atoms with Crippen LogP contribution in [0.25, 0.3) is 0 Å². The number of nitrogens with zero attached hydrogens (tertiary/aromatic N) is 1. The molecule has 122 valence electrons. The first-order chi connectivity index (χ1) is 11.1. The summed E-state index contributed by atoms with van der Waals surface area (Å²) in [5.41, 5.74) is 1.54. The van der Waals surface area contributed by atoms with Crippen molar-refractivity contribution in [2.45, 2.75) is 44.1 Å². The summed E-state index contributed by atoms with van der Waals surface area (Å²) in [6, 6.07) is 12.1. The molecule has 1 fully saturated rings. The van der Waals surface area contributed by atoms with Gasteiger partial charge in [0.05, 0.1) is 0 Å². The number of aryl methyl sites for hydroxylation is 1. The first-order valence-corrected chi connectivity index (χ1v) is 8.25. The Morgan fingerprint density at radius 3 is 2.65 bits per heavy atom. The molecule has 3 rings (SSSR count). The number of hydrogen-bond acceptors (Lipinski definition) is 2. The summed E-state index contributed by atoms with van der Waals surface area (Å²) in [6.45, 7) is 0. The minimum absolute atomic E-state index is 0.180. The van der Waals surface area contributed by atoms with E-state index in [0.29, 0.717) is 11.6 Å². The molecule has 2 unspecified atom stereocenters. The summed E-state index contributed by atoms with van der Waals surface area (Å²) >= 11 is 0. The Labute approximate surface area is 135 Å². The van der Waals surface area contributed by atoms with Gasteiger partial charge in [-0.1, -0.05) is 36.8 Å². The van der Waals surface area contributed by atoms with Crippen molar-refractivity contribution in [2.24, 2.45) is 7.05 Å². The fourth-order valence-electron chi connectivity index (χ4n) is 3.37. The quantitative estimate of drug-likeness (QED) is 0.855. The van der Waals surface area contributed by atoms with Crippen LogP contribution in [0, 0.1) is 0 Å². The van der Waals surface area contributed by atoms with Gasteiger partial charge in [-0.25, -0.2) is 0 Å². The summed E-state index contributed by atoms with van der Waals surface area (Å²) in [4.78, 5) is 23.7. The zero-order valence-corrected chi connectivity index (χ0v) is 13.4. The molecular weight excluding hydrogens is 290 g/mol. The molecule has 5 nitrogen and oxygen atoms in total. The maximum atomic E-state index is 12.2. The van der Waals surface area contributed by atoms with Crippen molar-refractivity contribution in [3.05, 3.63) is 58.0 Å². The number of amides is 1. The van der Waals surface area contributed by atoms with Gasteiger partial charge < -0.3 is 5.32 Å². The highest BCUT2D eigenvalue weighted by atomic mass is 16.2. The summed E-state index contributed by atoms with van der Waals surface area (Å²) < 4.78 is 1.31. The van der Waals surface area contributed by atoms with Gasteiger partial charge in [-0.15, -0.1) is 0 Å². The van der Waals surface area contributed by atoms with E-state index in [1.165, 1.54) is 22.7 Å². The number of aromatic amines is 1. The van der Waals surface area contributed by atoms with Crippen LogP contribution in [-0.4, -0.2) is 21.7 Å². The Hall–Kier alpha value is -2.30. The molecule has 0 saturated heterocycles. The van der Waals surface area contributed by atoms with E-state index in [1.807, 2.05) is 6.07 Å². The van der Waals surface area contributed by atoms with Crippen molar-refractivity contribution in [1.29, 1.82) is 0 Å². The first kappa shape index (κ1) is 15.6. The zero-order chi connectivity index (χ0) is 16.2. The predicted molar refractivity (Wildman–Crippen MR) is 89.6 cm³/mol. The Balaban J connectivity index is 1.60. The third kappa shape index (κ3) is 3.73. The lowest BCUT2D eigenvalue weighted by molar-refractivity contribution is 0.0927. The molecular formula is C18H23N3O2. The molecule has 1 aliphatic rings. The predicted octanol–water partition coefficient (Wildman–Crippen LogP) is 2.56. The second-order valence-corrected chi connectivity index (χ2v) is 6.35. The lowest BCUT2D eigenvalue weighted by Gasteiger charge is -2.16. The molecule has 5 heteroatoms. The van der Waals surface area contributed by atoms with E-state index in [-0.39, 0.29) is 17.5 Å². The minimum Gasteiger partial charge on any atom is -0.348 e. The fourth-order valence-corrected chi connectivity index (χ4v) is 3.37. The Morgan fingerprint density at radius 1 is 1.17 bits per heavy atom. The van der Waals surface area contributed by atoms with Crippen LogP contribution >= 0.6 is 0 Å². The molecule has 1 amide bonds. The molecule has 0 aliphatic heterocycles. The third-order valence-electron chi connectivity index (χ3n) is 4.71. The molecule has 0 radical (unpaired) electrons. The lowest BCUT2D eigenvalue weighted by Crippen LogP contribution is -2.34. The van der Waals surface area contributed by atoms with E-state index in [1.54, 1.807) is 7.05 Å². The number of benzene rings is 1. The van der Waals surface area contributed by atoms with Crippen molar-refractivity contribution in [3.8, 4) is 0 Å². The summed E-state index contributed by atoms with van der Waals surface area (Å²) in [7, 11) is 1.61. The Bertz CT molecular complexity index is 717. The Morgan fingerprint density at radius 2 is 1.96 bits per heavy atom. The van der Waals surface area contributed by atoms with E-state index >= 15 is 0 Å². The van der Waals surface area contributed by atoms with Gasteiger partial charge in [-0.05, 0) is 37.2 Å². The van der Waals surface area contributed by atoms with Gasteiger partial charge in [0.25, 0.3) is 11.5 Å². The van der Waals surface area contributed by atoms with E-state index in [9.17, 15) is 9.59 Å². The summed E-state index contributed by atoms with van der Waals surface area (Å²) in [5, 5.41) is 5.84. The maximum absolute atomic E-state index is 12.2. The van der Waals surface area contributed by atoms with Crippen LogP contribution in [0.3, 0.4) is 0 Å². The second kappa shape index (κ2) is 6.86. The number of carbonyl (C=O) groups is 1. The summed E-state index contributed by atoms with van der Waals surface area (Å²) in [6.07, 6.45) is 5.32. The fraction of sp³-hybridized carbons (Fsp3) is 0.444. The molecule has 1 aromatic heterocycles. The molecule has 1 heterocycles. The highest BCUT2D eigenvalue weighted by Gasteiger charge is 2.22. The molecule has 1 aliphatic carbocycles. The molecule has 2 N–H and O–H groups in total. The average Bonchev–Trinajstić information content (AvgIpc) is 2.76. The van der Waals surface area contributed by atoms with Crippen molar-refractivity contribution in [1.82, 2.24) is 15.1 Å². The van der Waals surface area contributed by atoms with Gasteiger partial charge >= 0.3 is 0 Å². The number of aromatic nitrogens is 2. The van der Waals surface area contributed by atoms with Crippen LogP contribution < -0.4 is 10.9 Å². The van der Waals surface area contributed by atoms with E-state index < -0.39 is 0 Å². The average molecular weight is 313 g/mol. The number of carbonyl (C=O) groups excluding carboxylic acids is 1. The molecule has 23 heavy (non-hydrogen) atoms. The van der Waals surface area contributed by atoms with Gasteiger partial charge in [-0.3, -0.25) is 19.4 Å². The number of rotatable bonds is 3. The maximum Gasteiger partial charge on any atom is 0.269 e. The second-order valence-electron chi connectivity index (χ2n) is 6.35. The van der Waals surface area contributed by atoms with Crippen molar-refractivity contribution >= 4 is 5.91 Å². The van der Waals surface area contributed by atoms with Crippen LogP contribution in [0.5, 0.6) is 0 Å². The van der Waals surface area contributed by atoms with Crippen molar-refractivity contribution < 1.29 is 4.79 Å². The normalized spacial score (nSPS) is 21.6. The van der Waals surface area contributed by atoms with Crippen LogP contribution in [0.1, 0.15) is 54.1 Å². The van der Waals surface area contributed by atoms with E-state index in [0.717, 1.165) is 25.7 Å². The number of H-pyrrole nitrogens is 1. The smallest absolute Gasteiger partial charge is 0.269 e. The highest BCUT2D eigenvalue weighted by molar-refractivity contribution is 5.92. The van der Waals surface area contributed by atoms with E-state index in [4.69, 9.17) is 0 Å². The largest absolute Gasteiger partial charge is 0.348 e. The van der Waals surface area contributed by atoms with Gasteiger partial charge in [0.15, 0.2) is 0 Å². The van der Waals surface area contributed by atoms with Gasteiger partial charge in [0, 0.05) is 19.2 Å². The van der Waals surface area contributed by atoms with E-state index in [2.05, 4.69) is 34.7 Å². The molecule has 2 atom stereocenters. The first-order valence-electron chi connectivity index (χ1n) is 8.25. The molecule has 2 aromatic rings.